The van der Waals surface area contributed by atoms with Crippen molar-refractivity contribution in [3.8, 4) is 11.3 Å². The van der Waals surface area contributed by atoms with Crippen LogP contribution >= 0.6 is 23.2 Å². The van der Waals surface area contributed by atoms with Crippen LogP contribution in [-0.4, -0.2) is 29.2 Å². The number of hydrogen-bond donors (Lipinski definition) is 1. The van der Waals surface area contributed by atoms with Crippen LogP contribution in [0.15, 0.2) is 54.6 Å². The summed E-state index contributed by atoms with van der Waals surface area (Å²) in [6.07, 6.45) is 2.36. The van der Waals surface area contributed by atoms with E-state index in [1.165, 1.54) is 12.8 Å². The number of anilines is 2. The summed E-state index contributed by atoms with van der Waals surface area (Å²) < 4.78 is 0. The third-order valence-corrected chi connectivity index (χ3v) is 5.91. The molecule has 0 radical (unpaired) electrons. The SMILES string of the molecule is CC1CCN(c2ccc(-c3cccc(NC(=O)c4cc(Cl)ccc4Cl)c3)nn2)CC1. The second kappa shape index (κ2) is 9.02. The normalized spacial score (nSPS) is 14.6. The first-order valence-electron chi connectivity index (χ1n) is 9.95. The lowest BCUT2D eigenvalue weighted by Gasteiger charge is -2.30. The molecule has 0 spiro atoms. The van der Waals surface area contributed by atoms with Gasteiger partial charge in [-0.3, -0.25) is 4.79 Å². The minimum absolute atomic E-state index is 0.319. The molecule has 4 rings (SSSR count). The Morgan fingerprint density at radius 1 is 1.03 bits per heavy atom. The van der Waals surface area contributed by atoms with Crippen molar-refractivity contribution in [3.63, 3.8) is 0 Å². The van der Waals surface area contributed by atoms with Crippen molar-refractivity contribution in [3.05, 3.63) is 70.2 Å². The number of rotatable bonds is 4. The topological polar surface area (TPSA) is 58.1 Å². The Labute approximate surface area is 186 Å². The van der Waals surface area contributed by atoms with Crippen LogP contribution in [-0.2, 0) is 0 Å². The number of amides is 1. The summed E-state index contributed by atoms with van der Waals surface area (Å²) in [6, 6.07) is 16.3. The highest BCUT2D eigenvalue weighted by molar-refractivity contribution is 6.36. The highest BCUT2D eigenvalue weighted by Gasteiger charge is 2.17. The second-order valence-electron chi connectivity index (χ2n) is 7.61. The minimum Gasteiger partial charge on any atom is -0.355 e. The predicted molar refractivity (Wildman–Crippen MR) is 122 cm³/mol. The van der Waals surface area contributed by atoms with E-state index < -0.39 is 0 Å². The van der Waals surface area contributed by atoms with Gasteiger partial charge in [-0.15, -0.1) is 10.2 Å². The monoisotopic (exact) mass is 440 g/mol. The van der Waals surface area contributed by atoms with Crippen LogP contribution in [0.4, 0.5) is 11.5 Å². The number of benzene rings is 2. The molecular weight excluding hydrogens is 419 g/mol. The van der Waals surface area contributed by atoms with Gasteiger partial charge in [0.05, 0.1) is 16.3 Å². The molecule has 0 aliphatic carbocycles. The van der Waals surface area contributed by atoms with E-state index >= 15 is 0 Å². The van der Waals surface area contributed by atoms with Crippen LogP contribution in [0, 0.1) is 5.92 Å². The van der Waals surface area contributed by atoms with E-state index in [0.717, 1.165) is 36.1 Å². The predicted octanol–water partition coefficient (Wildman–Crippen LogP) is 5.94. The number of piperidine rings is 1. The van der Waals surface area contributed by atoms with Crippen LogP contribution in [0.2, 0.25) is 10.0 Å². The molecule has 1 aliphatic rings. The van der Waals surface area contributed by atoms with Crippen LogP contribution in [0.1, 0.15) is 30.1 Å². The van der Waals surface area contributed by atoms with Crippen LogP contribution in [0.3, 0.4) is 0 Å². The maximum absolute atomic E-state index is 12.6. The summed E-state index contributed by atoms with van der Waals surface area (Å²) in [4.78, 5) is 14.9. The van der Waals surface area contributed by atoms with Gasteiger partial charge in [-0.2, -0.15) is 0 Å². The van der Waals surface area contributed by atoms with Crippen molar-refractivity contribution in [1.29, 1.82) is 0 Å². The average Bonchev–Trinajstić information content (AvgIpc) is 2.76. The molecule has 1 saturated heterocycles. The Morgan fingerprint density at radius 2 is 1.83 bits per heavy atom. The zero-order valence-electron chi connectivity index (χ0n) is 16.6. The van der Waals surface area contributed by atoms with Crippen molar-refractivity contribution in [2.24, 2.45) is 5.92 Å². The molecule has 0 saturated carbocycles. The molecule has 5 nitrogen and oxygen atoms in total. The van der Waals surface area contributed by atoms with Gasteiger partial charge in [0.1, 0.15) is 0 Å². The minimum atomic E-state index is -0.319. The van der Waals surface area contributed by atoms with E-state index in [9.17, 15) is 4.79 Å². The van der Waals surface area contributed by atoms with Crippen molar-refractivity contribution < 1.29 is 4.79 Å². The molecule has 7 heteroatoms. The molecule has 0 unspecified atom stereocenters. The lowest BCUT2D eigenvalue weighted by atomic mass is 9.99. The van der Waals surface area contributed by atoms with E-state index in [-0.39, 0.29) is 5.91 Å². The van der Waals surface area contributed by atoms with Gasteiger partial charge in [-0.05, 0) is 61.2 Å². The third kappa shape index (κ3) is 4.74. The van der Waals surface area contributed by atoms with Crippen molar-refractivity contribution in [2.75, 3.05) is 23.3 Å². The quantitative estimate of drug-likeness (QED) is 0.545. The molecule has 2 aromatic carbocycles. The molecule has 1 aromatic heterocycles. The Kier molecular flexibility index (Phi) is 6.21. The van der Waals surface area contributed by atoms with Gasteiger partial charge in [0, 0.05) is 29.4 Å². The number of hydrogen-bond acceptors (Lipinski definition) is 4. The molecule has 2 heterocycles. The number of carbonyl (C=O) groups excluding carboxylic acids is 1. The van der Waals surface area contributed by atoms with Gasteiger partial charge in [0.15, 0.2) is 5.82 Å². The van der Waals surface area contributed by atoms with Crippen molar-refractivity contribution in [2.45, 2.75) is 19.8 Å². The zero-order chi connectivity index (χ0) is 21.1. The van der Waals surface area contributed by atoms with Gasteiger partial charge in [-0.25, -0.2) is 0 Å². The van der Waals surface area contributed by atoms with Gasteiger partial charge in [0.25, 0.3) is 5.91 Å². The fourth-order valence-corrected chi connectivity index (χ4v) is 3.89. The number of carbonyl (C=O) groups is 1. The summed E-state index contributed by atoms with van der Waals surface area (Å²) in [7, 11) is 0. The lowest BCUT2D eigenvalue weighted by molar-refractivity contribution is 0.102. The molecule has 154 valence electrons. The molecule has 1 N–H and O–H groups in total. The Balaban J connectivity index is 1.49. The van der Waals surface area contributed by atoms with E-state index in [0.29, 0.717) is 21.3 Å². The second-order valence-corrected chi connectivity index (χ2v) is 8.45. The maximum Gasteiger partial charge on any atom is 0.257 e. The van der Waals surface area contributed by atoms with Gasteiger partial charge in [-0.1, -0.05) is 42.3 Å². The Hall–Kier alpha value is -2.63. The average molecular weight is 441 g/mol. The fraction of sp³-hybridized carbons (Fsp3) is 0.261. The van der Waals surface area contributed by atoms with Gasteiger partial charge in [0.2, 0.25) is 0 Å². The van der Waals surface area contributed by atoms with Crippen molar-refractivity contribution in [1.82, 2.24) is 10.2 Å². The summed E-state index contributed by atoms with van der Waals surface area (Å²) in [5.74, 6) is 1.36. The highest BCUT2D eigenvalue weighted by atomic mass is 35.5. The smallest absolute Gasteiger partial charge is 0.257 e. The van der Waals surface area contributed by atoms with E-state index in [1.807, 2.05) is 36.4 Å². The summed E-state index contributed by atoms with van der Waals surface area (Å²) in [5.41, 5.74) is 2.59. The van der Waals surface area contributed by atoms with Crippen molar-refractivity contribution >= 4 is 40.6 Å². The van der Waals surface area contributed by atoms with E-state index in [4.69, 9.17) is 23.2 Å². The summed E-state index contributed by atoms with van der Waals surface area (Å²) in [5, 5.41) is 12.5. The molecule has 30 heavy (non-hydrogen) atoms. The number of aromatic nitrogens is 2. The molecule has 1 fully saturated rings. The first-order valence-corrected chi connectivity index (χ1v) is 10.7. The van der Waals surface area contributed by atoms with Crippen LogP contribution in [0.25, 0.3) is 11.3 Å². The molecule has 1 aliphatic heterocycles. The van der Waals surface area contributed by atoms with Gasteiger partial charge < -0.3 is 10.2 Å². The first-order chi connectivity index (χ1) is 14.5. The fourth-order valence-electron chi connectivity index (χ4n) is 3.51. The number of nitrogens with one attached hydrogen (secondary N) is 1. The molecule has 0 bridgehead atoms. The largest absolute Gasteiger partial charge is 0.355 e. The molecule has 3 aromatic rings. The zero-order valence-corrected chi connectivity index (χ0v) is 18.1. The molecular formula is C23H22Cl2N4O. The third-order valence-electron chi connectivity index (χ3n) is 5.35. The number of halogens is 2. The van der Waals surface area contributed by atoms with Crippen LogP contribution in [0.5, 0.6) is 0 Å². The Bertz CT molecular complexity index is 1050. The van der Waals surface area contributed by atoms with Crippen LogP contribution < -0.4 is 10.2 Å². The maximum atomic E-state index is 12.6. The first kappa shape index (κ1) is 20.6. The highest BCUT2D eigenvalue weighted by Crippen LogP contribution is 2.26. The molecule has 0 atom stereocenters. The Morgan fingerprint density at radius 3 is 2.57 bits per heavy atom. The van der Waals surface area contributed by atoms with E-state index in [1.54, 1.807) is 18.2 Å². The standard InChI is InChI=1S/C23H22Cl2N4O/c1-15-9-11-29(12-10-15)22-8-7-21(27-28-22)16-3-2-4-18(13-16)26-23(30)19-14-17(24)5-6-20(19)25/h2-8,13-15H,9-12H2,1H3,(H,26,30). The summed E-state index contributed by atoms with van der Waals surface area (Å²) in [6.45, 7) is 4.32. The van der Waals surface area contributed by atoms with E-state index in [2.05, 4.69) is 27.3 Å². The molecule has 1 amide bonds. The number of nitrogens with zero attached hydrogens (tertiary/aromatic N) is 3. The lowest BCUT2D eigenvalue weighted by Crippen LogP contribution is -2.33. The van der Waals surface area contributed by atoms with Gasteiger partial charge >= 0.3 is 0 Å². The summed E-state index contributed by atoms with van der Waals surface area (Å²) >= 11 is 12.1.